The number of aliphatic hydroxyl groups excluding tert-OH is 2. The highest BCUT2D eigenvalue weighted by atomic mass is 16.6. The summed E-state index contributed by atoms with van der Waals surface area (Å²) in [6.07, 6.45) is -5.77. The number of benzene rings is 2. The van der Waals surface area contributed by atoms with Crippen molar-refractivity contribution < 1.29 is 58.8 Å². The number of phenols is 2. The van der Waals surface area contributed by atoms with Crippen LogP contribution in [0.15, 0.2) is 30.3 Å². The lowest BCUT2D eigenvalue weighted by Crippen LogP contribution is -2.58. The molecule has 39 heavy (non-hydrogen) atoms. The number of rotatable bonds is 7. The molecule has 16 heteroatoms. The van der Waals surface area contributed by atoms with E-state index >= 15 is 0 Å². The maximum Gasteiger partial charge on any atom is 0.339 e. The first kappa shape index (κ1) is 27.2. The van der Waals surface area contributed by atoms with Gasteiger partial charge in [-0.15, -0.1) is 0 Å². The summed E-state index contributed by atoms with van der Waals surface area (Å²) in [5, 5.41) is 63.7. The van der Waals surface area contributed by atoms with E-state index in [0.717, 1.165) is 43.5 Å². The summed E-state index contributed by atoms with van der Waals surface area (Å²) in [7, 11) is 1.15. The van der Waals surface area contributed by atoms with E-state index in [9.17, 15) is 50.2 Å². The van der Waals surface area contributed by atoms with Gasteiger partial charge in [0.2, 0.25) is 5.75 Å². The molecule has 16 nitrogen and oxygen atoms in total. The van der Waals surface area contributed by atoms with Crippen LogP contribution in [-0.4, -0.2) is 80.3 Å². The molecule has 4 N–H and O–H groups in total. The van der Waals surface area contributed by atoms with Crippen molar-refractivity contribution in [3.8, 4) is 17.2 Å². The summed E-state index contributed by atoms with van der Waals surface area (Å²) in [6.45, 7) is -0.640. The van der Waals surface area contributed by atoms with Crippen LogP contribution in [0.5, 0.6) is 17.2 Å². The highest BCUT2D eigenvalue weighted by Gasteiger charge is 2.52. The number of phenolic OH excluding ortho intramolecular Hbond substituents is 2. The van der Waals surface area contributed by atoms with Crippen molar-refractivity contribution in [2.24, 2.45) is 0 Å². The number of nitro benzene ring substituents is 2. The van der Waals surface area contributed by atoms with Gasteiger partial charge in [0.25, 0.3) is 11.4 Å². The normalized spacial score (nSPS) is 23.9. The number of ether oxygens (including phenoxy) is 4. The monoisotopic (exact) mass is 548 g/mol. The Morgan fingerprint density at radius 1 is 1.08 bits per heavy atom. The predicted octanol–water partition coefficient (Wildman–Crippen LogP) is 0.880. The molecule has 0 aliphatic carbocycles. The Kier molecular flexibility index (Phi) is 7.35. The number of carbonyl (C=O) groups is 2. The van der Waals surface area contributed by atoms with E-state index in [1.807, 2.05) is 0 Å². The second-order valence-corrected chi connectivity index (χ2v) is 8.45. The topological polar surface area (TPSA) is 238 Å². The minimum atomic E-state index is -1.73. The Morgan fingerprint density at radius 3 is 2.31 bits per heavy atom. The maximum atomic E-state index is 12.4. The molecule has 0 radical (unpaired) electrons. The smallest absolute Gasteiger partial charge is 0.339 e. The maximum absolute atomic E-state index is 12.4. The fourth-order valence-electron chi connectivity index (χ4n) is 4.24. The van der Waals surface area contributed by atoms with E-state index in [1.54, 1.807) is 0 Å². The van der Waals surface area contributed by atoms with Crippen molar-refractivity contribution in [3.05, 3.63) is 67.3 Å². The standard InChI is InChI=1S/C23H20N2O14/c1-36-20-13(26)7-12-16(18(20)29)21-22(39-23(12)31)19(30)17(28)14(38-21)8-37-15(27)3-2-9-4-10(24(32)33)6-11(5-9)25(34)35/h2-7,14,17,19,21-22,26,28-30H,8H2,1H3/b3-2+/t14-,17-,19+,21+,22-/m1/s1. The fourth-order valence-corrected chi connectivity index (χ4v) is 4.24. The van der Waals surface area contributed by atoms with Gasteiger partial charge in [-0.25, -0.2) is 9.59 Å². The molecule has 2 aliphatic rings. The molecular formula is C23H20N2O14. The molecule has 0 amide bonds. The van der Waals surface area contributed by atoms with Gasteiger partial charge in [0.05, 0.1) is 28.6 Å². The van der Waals surface area contributed by atoms with Crippen LogP contribution in [0, 0.1) is 20.2 Å². The van der Waals surface area contributed by atoms with Crippen LogP contribution < -0.4 is 4.74 Å². The van der Waals surface area contributed by atoms with Crippen molar-refractivity contribution in [1.29, 1.82) is 0 Å². The number of nitro groups is 2. The second kappa shape index (κ2) is 10.5. The van der Waals surface area contributed by atoms with E-state index in [1.165, 1.54) is 0 Å². The first-order chi connectivity index (χ1) is 18.4. The van der Waals surface area contributed by atoms with E-state index < -0.39 is 81.8 Å². The Balaban J connectivity index is 1.52. The molecule has 206 valence electrons. The first-order valence-electron chi connectivity index (χ1n) is 11.1. The van der Waals surface area contributed by atoms with E-state index in [0.29, 0.717) is 0 Å². The van der Waals surface area contributed by atoms with Gasteiger partial charge in [-0.05, 0) is 17.7 Å². The summed E-state index contributed by atoms with van der Waals surface area (Å²) < 4.78 is 20.9. The summed E-state index contributed by atoms with van der Waals surface area (Å²) in [5.41, 5.74) is -1.63. The number of esters is 2. The van der Waals surface area contributed by atoms with Crippen LogP contribution in [0.2, 0.25) is 0 Å². The van der Waals surface area contributed by atoms with E-state index in [-0.39, 0.29) is 22.4 Å². The molecule has 0 bridgehead atoms. The lowest BCUT2D eigenvalue weighted by atomic mass is 9.86. The van der Waals surface area contributed by atoms with E-state index in [4.69, 9.17) is 18.9 Å². The van der Waals surface area contributed by atoms with Crippen molar-refractivity contribution in [2.75, 3.05) is 13.7 Å². The van der Waals surface area contributed by atoms with Crippen molar-refractivity contribution in [1.82, 2.24) is 0 Å². The number of aromatic hydroxyl groups is 2. The SMILES string of the molecule is COc1c(O)cc2c(c1O)[C@@H]1O[C@H](COC(=O)/C=C/c3cc([N+](=O)[O-])cc([N+](=O)[O-])c3)[C@@H](O)[C@H](O)[C@H]1OC2=O. The average molecular weight is 548 g/mol. The van der Waals surface area contributed by atoms with Gasteiger partial charge in [-0.1, -0.05) is 0 Å². The number of hydrogen-bond donors (Lipinski definition) is 4. The van der Waals surface area contributed by atoms with Crippen LogP contribution >= 0.6 is 0 Å². The van der Waals surface area contributed by atoms with Crippen LogP contribution in [-0.2, 0) is 19.0 Å². The third-order valence-corrected chi connectivity index (χ3v) is 6.06. The lowest BCUT2D eigenvalue weighted by molar-refractivity contribution is -0.394. The number of nitrogens with zero attached hydrogens (tertiary/aromatic N) is 2. The summed E-state index contributed by atoms with van der Waals surface area (Å²) in [6, 6.07) is 3.74. The third kappa shape index (κ3) is 5.15. The molecule has 2 aromatic rings. The van der Waals surface area contributed by atoms with Gasteiger partial charge in [0, 0.05) is 23.8 Å². The quantitative estimate of drug-likeness (QED) is 0.163. The van der Waals surface area contributed by atoms with Gasteiger partial charge in [0.1, 0.15) is 31.0 Å². The number of methoxy groups -OCH3 is 1. The van der Waals surface area contributed by atoms with E-state index in [2.05, 4.69) is 0 Å². The van der Waals surface area contributed by atoms with Gasteiger partial charge >= 0.3 is 11.9 Å². The zero-order chi connectivity index (χ0) is 28.6. The zero-order valence-corrected chi connectivity index (χ0v) is 19.8. The third-order valence-electron chi connectivity index (χ3n) is 6.06. The number of aliphatic hydroxyl groups is 2. The van der Waals surface area contributed by atoms with Crippen molar-refractivity contribution >= 4 is 29.4 Å². The first-order valence-corrected chi connectivity index (χ1v) is 11.1. The zero-order valence-electron chi connectivity index (χ0n) is 19.8. The molecule has 2 aliphatic heterocycles. The molecular weight excluding hydrogens is 528 g/mol. The molecule has 2 heterocycles. The largest absolute Gasteiger partial charge is 0.504 e. The lowest BCUT2D eigenvalue weighted by Gasteiger charge is -2.44. The van der Waals surface area contributed by atoms with Gasteiger partial charge in [-0.2, -0.15) is 0 Å². The molecule has 0 saturated carbocycles. The van der Waals surface area contributed by atoms with Crippen LogP contribution in [0.25, 0.3) is 6.08 Å². The number of hydrogen-bond acceptors (Lipinski definition) is 14. The molecule has 0 spiro atoms. The summed E-state index contributed by atoms with van der Waals surface area (Å²) >= 11 is 0. The number of non-ortho nitro benzene ring substituents is 2. The number of carbonyl (C=O) groups excluding carboxylic acids is 2. The minimum Gasteiger partial charge on any atom is -0.504 e. The second-order valence-electron chi connectivity index (χ2n) is 8.45. The van der Waals surface area contributed by atoms with Crippen molar-refractivity contribution in [3.63, 3.8) is 0 Å². The van der Waals surface area contributed by atoms with Crippen LogP contribution in [0.4, 0.5) is 11.4 Å². The molecule has 5 atom stereocenters. The highest BCUT2D eigenvalue weighted by molar-refractivity contribution is 5.95. The molecule has 0 aromatic heterocycles. The van der Waals surface area contributed by atoms with Gasteiger partial charge in [-0.3, -0.25) is 20.2 Å². The van der Waals surface area contributed by atoms with Crippen molar-refractivity contribution in [2.45, 2.75) is 30.5 Å². The number of fused-ring (bicyclic) bond motifs is 3. The average Bonchev–Trinajstić information content (AvgIpc) is 2.89. The Labute approximate surface area is 217 Å². The molecule has 1 saturated heterocycles. The Bertz CT molecular complexity index is 1360. The predicted molar refractivity (Wildman–Crippen MR) is 125 cm³/mol. The van der Waals surface area contributed by atoms with Crippen LogP contribution in [0.3, 0.4) is 0 Å². The summed E-state index contributed by atoms with van der Waals surface area (Å²) in [5.74, 6) is -3.63. The molecule has 0 unspecified atom stereocenters. The van der Waals surface area contributed by atoms with Gasteiger partial charge in [0.15, 0.2) is 17.6 Å². The molecule has 4 rings (SSSR count). The van der Waals surface area contributed by atoms with Crippen LogP contribution in [0.1, 0.15) is 27.6 Å². The Hall–Kier alpha value is -4.80. The van der Waals surface area contributed by atoms with Gasteiger partial charge < -0.3 is 39.4 Å². The molecule has 2 aromatic carbocycles. The summed E-state index contributed by atoms with van der Waals surface area (Å²) in [4.78, 5) is 45.0. The Morgan fingerprint density at radius 2 is 1.72 bits per heavy atom. The minimum absolute atomic E-state index is 0.0339. The molecule has 1 fully saturated rings. The fraction of sp³-hybridized carbons (Fsp3) is 0.304. The highest BCUT2D eigenvalue weighted by Crippen LogP contribution is 2.49.